The predicted octanol–water partition coefficient (Wildman–Crippen LogP) is 3.79. The second-order valence-electron chi connectivity index (χ2n) is 7.68. The van der Waals surface area contributed by atoms with Gasteiger partial charge in [-0.1, -0.05) is 0 Å². The Morgan fingerprint density at radius 1 is 1.00 bits per heavy atom. The minimum absolute atomic E-state index is 0.0418. The maximum absolute atomic E-state index is 13.4. The Hall–Kier alpha value is -3.52. The molecule has 190 valence electrons. The van der Waals surface area contributed by atoms with Gasteiger partial charge in [-0.3, -0.25) is 4.79 Å². The fraction of sp³-hybridized carbons (Fsp3) is 0.400. The Labute approximate surface area is 192 Å². The number of aliphatic carboxylic acids is 1. The number of rotatable bonds is 3. The van der Waals surface area contributed by atoms with Crippen LogP contribution < -0.4 is 4.90 Å². The summed E-state index contributed by atoms with van der Waals surface area (Å²) in [4.78, 5) is 31.8. The van der Waals surface area contributed by atoms with Gasteiger partial charge in [-0.15, -0.1) is 0 Å². The summed E-state index contributed by atoms with van der Waals surface area (Å²) in [6.45, 7) is 0.463. The SMILES string of the molecule is O=C(O)C(F)(F)F.O=C1C[C@H]2[C@H](CCN2c2cc(C(F)(F)F)ncn2)N1Cc1cc(F)cc(F)c1. The normalized spacial score (nSPS) is 19.9. The molecule has 0 bridgehead atoms. The molecule has 0 aliphatic carbocycles. The number of anilines is 1. The number of amides is 1. The molecule has 2 aromatic rings. The maximum atomic E-state index is 13.4. The number of nitrogens with zero attached hydrogens (tertiary/aromatic N) is 4. The first-order chi connectivity index (χ1) is 16.2. The largest absolute Gasteiger partial charge is 0.490 e. The third-order valence-electron chi connectivity index (χ3n) is 5.37. The molecule has 2 aliphatic rings. The van der Waals surface area contributed by atoms with Crippen LogP contribution in [0.5, 0.6) is 0 Å². The lowest BCUT2D eigenvalue weighted by Crippen LogP contribution is -2.37. The van der Waals surface area contributed by atoms with Crippen LogP contribution in [0.1, 0.15) is 24.1 Å². The van der Waals surface area contributed by atoms with Gasteiger partial charge in [-0.05, 0) is 24.1 Å². The summed E-state index contributed by atoms with van der Waals surface area (Å²) in [5.41, 5.74) is -0.719. The molecule has 15 heteroatoms. The van der Waals surface area contributed by atoms with Gasteiger partial charge in [0.2, 0.25) is 5.91 Å². The van der Waals surface area contributed by atoms with Gasteiger partial charge in [0, 0.05) is 31.6 Å². The monoisotopic (exact) mass is 512 g/mol. The van der Waals surface area contributed by atoms with E-state index in [0.29, 0.717) is 18.5 Å². The number of benzene rings is 1. The van der Waals surface area contributed by atoms with Crippen molar-refractivity contribution in [3.05, 3.63) is 53.5 Å². The summed E-state index contributed by atoms with van der Waals surface area (Å²) in [7, 11) is 0. The average Bonchev–Trinajstić information content (AvgIpc) is 3.26. The number of hydrogen-bond donors (Lipinski definition) is 1. The Morgan fingerprint density at radius 3 is 2.14 bits per heavy atom. The quantitative estimate of drug-likeness (QED) is 0.631. The number of fused-ring (bicyclic) bond motifs is 1. The van der Waals surface area contributed by atoms with Crippen molar-refractivity contribution in [3.63, 3.8) is 0 Å². The molecule has 1 amide bonds. The van der Waals surface area contributed by atoms with Crippen LogP contribution in [0.4, 0.5) is 40.9 Å². The van der Waals surface area contributed by atoms with E-state index in [1.165, 1.54) is 4.90 Å². The van der Waals surface area contributed by atoms with Gasteiger partial charge in [-0.2, -0.15) is 26.3 Å². The molecule has 2 fully saturated rings. The molecule has 1 aromatic carbocycles. The first-order valence-electron chi connectivity index (χ1n) is 9.87. The summed E-state index contributed by atoms with van der Waals surface area (Å²) >= 11 is 0. The van der Waals surface area contributed by atoms with Crippen LogP contribution in [0.2, 0.25) is 0 Å². The van der Waals surface area contributed by atoms with E-state index in [4.69, 9.17) is 9.90 Å². The van der Waals surface area contributed by atoms with Crippen LogP contribution in [-0.2, 0) is 22.3 Å². The van der Waals surface area contributed by atoms with Crippen LogP contribution in [-0.4, -0.2) is 56.7 Å². The number of likely N-dealkylation sites (tertiary alicyclic amines) is 1. The third kappa shape index (κ3) is 6.14. The molecule has 4 rings (SSSR count). The van der Waals surface area contributed by atoms with Crippen LogP contribution >= 0.6 is 0 Å². The van der Waals surface area contributed by atoms with E-state index in [1.54, 1.807) is 4.90 Å². The number of carboxylic acid groups (broad SMARTS) is 1. The molecule has 0 spiro atoms. The lowest BCUT2D eigenvalue weighted by molar-refractivity contribution is -0.192. The van der Waals surface area contributed by atoms with Gasteiger partial charge >= 0.3 is 18.3 Å². The van der Waals surface area contributed by atoms with Crippen LogP contribution in [0, 0.1) is 11.6 Å². The van der Waals surface area contributed by atoms with Gasteiger partial charge in [0.15, 0.2) is 0 Å². The van der Waals surface area contributed by atoms with E-state index >= 15 is 0 Å². The second-order valence-corrected chi connectivity index (χ2v) is 7.68. The average molecular weight is 512 g/mol. The molecule has 7 nitrogen and oxygen atoms in total. The molecule has 35 heavy (non-hydrogen) atoms. The van der Waals surface area contributed by atoms with E-state index in [-0.39, 0.29) is 36.8 Å². The number of hydrogen-bond acceptors (Lipinski definition) is 5. The number of carboxylic acids is 1. The molecule has 1 N–H and O–H groups in total. The zero-order valence-electron chi connectivity index (χ0n) is 17.4. The van der Waals surface area contributed by atoms with Crippen molar-refractivity contribution < 1.29 is 49.8 Å². The topological polar surface area (TPSA) is 86.6 Å². The molecule has 2 saturated heterocycles. The zero-order valence-corrected chi connectivity index (χ0v) is 17.4. The minimum atomic E-state index is -5.08. The number of carbonyl (C=O) groups is 2. The predicted molar refractivity (Wildman–Crippen MR) is 102 cm³/mol. The third-order valence-corrected chi connectivity index (χ3v) is 5.37. The Morgan fingerprint density at radius 2 is 1.60 bits per heavy atom. The lowest BCUT2D eigenvalue weighted by Gasteiger charge is -2.26. The highest BCUT2D eigenvalue weighted by atomic mass is 19.4. The molecule has 1 aromatic heterocycles. The van der Waals surface area contributed by atoms with E-state index in [0.717, 1.165) is 30.6 Å². The van der Waals surface area contributed by atoms with E-state index in [9.17, 15) is 39.9 Å². The molecule has 2 aliphatic heterocycles. The van der Waals surface area contributed by atoms with E-state index < -0.39 is 35.7 Å². The number of aromatic nitrogens is 2. The van der Waals surface area contributed by atoms with Gasteiger partial charge in [0.25, 0.3) is 0 Å². The Kier molecular flexibility index (Phi) is 7.17. The number of carbonyl (C=O) groups excluding carboxylic acids is 1. The van der Waals surface area contributed by atoms with Crippen molar-refractivity contribution in [1.29, 1.82) is 0 Å². The highest BCUT2D eigenvalue weighted by molar-refractivity contribution is 5.81. The summed E-state index contributed by atoms with van der Waals surface area (Å²) in [6, 6.07) is 3.35. The molecule has 0 radical (unpaired) electrons. The highest BCUT2D eigenvalue weighted by Crippen LogP contribution is 2.37. The van der Waals surface area contributed by atoms with Crippen molar-refractivity contribution in [1.82, 2.24) is 14.9 Å². The van der Waals surface area contributed by atoms with E-state index in [1.807, 2.05) is 0 Å². The summed E-state index contributed by atoms with van der Waals surface area (Å²) in [6.07, 6.45) is -8.18. The first kappa shape index (κ1) is 26.1. The van der Waals surface area contributed by atoms with Crippen molar-refractivity contribution in [3.8, 4) is 0 Å². The minimum Gasteiger partial charge on any atom is -0.475 e. The standard InChI is InChI=1S/C18H15F5N4O.C2HF3O2/c19-11-3-10(4-12(20)5-11)8-27-13-1-2-26(14(13)6-17(27)28)16-7-15(18(21,22)23)24-9-25-16;3-2(4,5)1(6)7/h3-5,7,9,13-14H,1-2,6,8H2;(H,6,7)/t13-,14-;/m0./s1. The fourth-order valence-corrected chi connectivity index (χ4v) is 3.98. The Balaban J connectivity index is 0.000000429. The van der Waals surface area contributed by atoms with Crippen molar-refractivity contribution in [2.75, 3.05) is 11.4 Å². The van der Waals surface area contributed by atoms with Gasteiger partial charge < -0.3 is 14.9 Å². The summed E-state index contributed by atoms with van der Waals surface area (Å²) in [5, 5.41) is 7.12. The highest BCUT2D eigenvalue weighted by Gasteiger charge is 2.47. The maximum Gasteiger partial charge on any atom is 0.490 e. The van der Waals surface area contributed by atoms with Crippen LogP contribution in [0.15, 0.2) is 30.6 Å². The van der Waals surface area contributed by atoms with Gasteiger partial charge in [0.1, 0.15) is 29.5 Å². The molecular formula is C20H16F8N4O3. The molecule has 0 unspecified atom stereocenters. The van der Waals surface area contributed by atoms with Crippen molar-refractivity contribution in [2.45, 2.75) is 43.8 Å². The molecule has 0 saturated carbocycles. The van der Waals surface area contributed by atoms with E-state index in [2.05, 4.69) is 9.97 Å². The smallest absolute Gasteiger partial charge is 0.475 e. The molecular weight excluding hydrogens is 496 g/mol. The molecule has 3 heterocycles. The molecule has 2 atom stereocenters. The first-order valence-corrected chi connectivity index (χ1v) is 9.87. The zero-order chi connectivity index (χ0) is 26.1. The Bertz CT molecular complexity index is 1090. The van der Waals surface area contributed by atoms with Gasteiger partial charge in [-0.25, -0.2) is 23.5 Å². The summed E-state index contributed by atoms with van der Waals surface area (Å²) in [5.74, 6) is -4.32. The van der Waals surface area contributed by atoms with Gasteiger partial charge in [0.05, 0.1) is 12.1 Å². The summed E-state index contributed by atoms with van der Waals surface area (Å²) < 4.78 is 97.4. The van der Waals surface area contributed by atoms with Crippen LogP contribution in [0.3, 0.4) is 0 Å². The lowest BCUT2D eigenvalue weighted by atomic mass is 10.1. The number of halogens is 8. The van der Waals surface area contributed by atoms with Crippen molar-refractivity contribution in [2.24, 2.45) is 0 Å². The second kappa shape index (κ2) is 9.62. The van der Waals surface area contributed by atoms with Crippen molar-refractivity contribution >= 4 is 17.7 Å². The fourth-order valence-electron chi connectivity index (χ4n) is 3.98. The van der Waals surface area contributed by atoms with Crippen LogP contribution in [0.25, 0.3) is 0 Å². The number of alkyl halides is 6.